The van der Waals surface area contributed by atoms with E-state index in [-0.39, 0.29) is 10.1 Å². The van der Waals surface area contributed by atoms with Crippen molar-refractivity contribution in [2.24, 2.45) is 5.92 Å². The molecule has 4 heteroatoms. The van der Waals surface area contributed by atoms with Crippen molar-refractivity contribution < 1.29 is 8.42 Å². The van der Waals surface area contributed by atoms with E-state index in [9.17, 15) is 8.42 Å². The summed E-state index contributed by atoms with van der Waals surface area (Å²) < 4.78 is 25.0. The molecule has 0 bridgehead atoms. The molecule has 1 aliphatic rings. The molecule has 0 aliphatic heterocycles. The molecule has 3 atom stereocenters. The average Bonchev–Trinajstić information content (AvgIpc) is 2.33. The van der Waals surface area contributed by atoms with E-state index >= 15 is 0 Å². The predicted molar refractivity (Wildman–Crippen MR) is 73.1 cm³/mol. The minimum atomic E-state index is -3.19. The van der Waals surface area contributed by atoms with E-state index in [4.69, 9.17) is 0 Å². The van der Waals surface area contributed by atoms with Gasteiger partial charge in [-0.15, -0.1) is 0 Å². The Hall–Kier alpha value is -0.350. The fourth-order valence-electron chi connectivity index (χ4n) is 2.40. The van der Waals surface area contributed by atoms with E-state index < -0.39 is 9.84 Å². The van der Waals surface area contributed by atoms with Crippen molar-refractivity contribution in [3.05, 3.63) is 30.3 Å². The van der Waals surface area contributed by atoms with E-state index in [1.807, 2.05) is 6.07 Å². The molecule has 0 spiro atoms. The Labute approximate surface area is 111 Å². The maximum absolute atomic E-state index is 12.5. The van der Waals surface area contributed by atoms with E-state index in [1.54, 1.807) is 24.3 Å². The van der Waals surface area contributed by atoms with Gasteiger partial charge in [0, 0.05) is 4.83 Å². The van der Waals surface area contributed by atoms with Gasteiger partial charge in [-0.25, -0.2) is 8.42 Å². The first kappa shape index (κ1) is 13.1. The van der Waals surface area contributed by atoms with Gasteiger partial charge >= 0.3 is 0 Å². The Morgan fingerprint density at radius 3 is 2.47 bits per heavy atom. The van der Waals surface area contributed by atoms with Crippen molar-refractivity contribution in [3.8, 4) is 0 Å². The van der Waals surface area contributed by atoms with Crippen molar-refractivity contribution >= 4 is 25.8 Å². The number of rotatable bonds is 2. The summed E-state index contributed by atoms with van der Waals surface area (Å²) in [5.41, 5.74) is 0. The summed E-state index contributed by atoms with van der Waals surface area (Å²) in [6, 6.07) is 8.78. The number of benzene rings is 1. The van der Waals surface area contributed by atoms with Gasteiger partial charge in [-0.3, -0.25) is 0 Å². The normalized spacial score (nSPS) is 30.1. The highest BCUT2D eigenvalue weighted by atomic mass is 79.9. The molecule has 1 aliphatic carbocycles. The van der Waals surface area contributed by atoms with Gasteiger partial charge < -0.3 is 0 Å². The Balaban J connectivity index is 2.32. The highest BCUT2D eigenvalue weighted by Crippen LogP contribution is 2.35. The Morgan fingerprint density at radius 2 is 1.82 bits per heavy atom. The molecule has 0 heterocycles. The van der Waals surface area contributed by atoms with Crippen LogP contribution in [0, 0.1) is 5.92 Å². The van der Waals surface area contributed by atoms with Crippen molar-refractivity contribution in [2.45, 2.75) is 41.2 Å². The lowest BCUT2D eigenvalue weighted by atomic mass is 9.90. The average molecular weight is 317 g/mol. The van der Waals surface area contributed by atoms with Gasteiger partial charge in [0.1, 0.15) is 0 Å². The van der Waals surface area contributed by atoms with Crippen LogP contribution in [0.1, 0.15) is 26.2 Å². The first-order valence-corrected chi connectivity index (χ1v) is 8.41. The summed E-state index contributed by atoms with van der Waals surface area (Å²) in [6.07, 6.45) is 2.81. The minimum Gasteiger partial charge on any atom is -0.223 e. The van der Waals surface area contributed by atoms with Gasteiger partial charge in [0.2, 0.25) is 0 Å². The molecule has 0 N–H and O–H groups in total. The smallest absolute Gasteiger partial charge is 0.182 e. The lowest BCUT2D eigenvalue weighted by Gasteiger charge is -2.31. The lowest BCUT2D eigenvalue weighted by Crippen LogP contribution is -2.36. The summed E-state index contributed by atoms with van der Waals surface area (Å²) in [6.45, 7) is 2.13. The van der Waals surface area contributed by atoms with Crippen LogP contribution in [0.5, 0.6) is 0 Å². The van der Waals surface area contributed by atoms with Crippen LogP contribution in [0.4, 0.5) is 0 Å². The van der Waals surface area contributed by atoms with E-state index in [0.29, 0.717) is 10.8 Å². The highest BCUT2D eigenvalue weighted by molar-refractivity contribution is 9.09. The lowest BCUT2D eigenvalue weighted by molar-refractivity contribution is 0.392. The molecule has 0 saturated heterocycles. The van der Waals surface area contributed by atoms with Gasteiger partial charge in [-0.2, -0.15) is 0 Å². The summed E-state index contributed by atoms with van der Waals surface area (Å²) in [7, 11) is -3.19. The second-order valence-electron chi connectivity index (χ2n) is 4.83. The monoisotopic (exact) mass is 316 g/mol. The third-order valence-corrected chi connectivity index (χ3v) is 7.14. The van der Waals surface area contributed by atoms with Gasteiger partial charge in [0.15, 0.2) is 9.84 Å². The van der Waals surface area contributed by atoms with Crippen LogP contribution in [0.2, 0.25) is 0 Å². The van der Waals surface area contributed by atoms with Crippen LogP contribution in [0.15, 0.2) is 35.2 Å². The topological polar surface area (TPSA) is 34.1 Å². The molecule has 0 aromatic heterocycles. The number of hydrogen-bond acceptors (Lipinski definition) is 2. The summed E-state index contributed by atoms with van der Waals surface area (Å²) in [4.78, 5) is 0.535. The zero-order valence-electron chi connectivity index (χ0n) is 9.84. The van der Waals surface area contributed by atoms with Crippen LogP contribution in [-0.2, 0) is 9.84 Å². The molecule has 2 rings (SSSR count). The van der Waals surface area contributed by atoms with Crippen molar-refractivity contribution in [3.63, 3.8) is 0 Å². The maximum atomic E-state index is 12.5. The zero-order valence-corrected chi connectivity index (χ0v) is 12.2. The van der Waals surface area contributed by atoms with Gasteiger partial charge in [0.25, 0.3) is 0 Å². The quantitative estimate of drug-likeness (QED) is 0.783. The Bertz CT molecular complexity index is 469. The fourth-order valence-corrected chi connectivity index (χ4v) is 5.72. The SMILES string of the molecule is CC1CCC(Br)C(S(=O)(=O)c2ccccc2)C1. The van der Waals surface area contributed by atoms with Gasteiger partial charge in [-0.1, -0.05) is 41.1 Å². The number of sulfone groups is 1. The highest BCUT2D eigenvalue weighted by Gasteiger charge is 2.37. The maximum Gasteiger partial charge on any atom is 0.182 e. The number of hydrogen-bond donors (Lipinski definition) is 0. The fraction of sp³-hybridized carbons (Fsp3) is 0.538. The summed E-state index contributed by atoms with van der Waals surface area (Å²) in [5.74, 6) is 0.493. The Kier molecular flexibility index (Phi) is 3.93. The van der Waals surface area contributed by atoms with E-state index in [2.05, 4.69) is 22.9 Å². The van der Waals surface area contributed by atoms with Crippen LogP contribution in [-0.4, -0.2) is 18.5 Å². The van der Waals surface area contributed by atoms with Gasteiger partial charge in [0.05, 0.1) is 10.1 Å². The standard InChI is InChI=1S/C13H17BrO2S/c1-10-7-8-12(14)13(9-10)17(15,16)11-5-3-2-4-6-11/h2-6,10,12-13H,7-9H2,1H3. The molecule has 2 nitrogen and oxygen atoms in total. The van der Waals surface area contributed by atoms with Crippen molar-refractivity contribution in [1.82, 2.24) is 0 Å². The van der Waals surface area contributed by atoms with Crippen LogP contribution in [0.3, 0.4) is 0 Å². The third kappa shape index (κ3) is 2.74. The molecule has 94 valence electrons. The third-order valence-electron chi connectivity index (χ3n) is 3.44. The molecule has 1 aromatic carbocycles. The van der Waals surface area contributed by atoms with Crippen LogP contribution < -0.4 is 0 Å². The largest absolute Gasteiger partial charge is 0.223 e. The minimum absolute atomic E-state index is 0.0870. The van der Waals surface area contributed by atoms with E-state index in [0.717, 1.165) is 19.3 Å². The number of alkyl halides is 1. The molecule has 0 radical (unpaired) electrons. The zero-order chi connectivity index (χ0) is 12.5. The molecular weight excluding hydrogens is 300 g/mol. The molecule has 17 heavy (non-hydrogen) atoms. The molecule has 1 saturated carbocycles. The van der Waals surface area contributed by atoms with Crippen LogP contribution in [0.25, 0.3) is 0 Å². The first-order valence-electron chi connectivity index (χ1n) is 5.95. The summed E-state index contributed by atoms with van der Waals surface area (Å²) in [5, 5.41) is -0.284. The molecule has 1 aromatic rings. The second kappa shape index (κ2) is 5.11. The predicted octanol–water partition coefficient (Wildman–Crippen LogP) is 3.41. The Morgan fingerprint density at radius 1 is 1.18 bits per heavy atom. The second-order valence-corrected chi connectivity index (χ2v) is 8.17. The van der Waals surface area contributed by atoms with Crippen molar-refractivity contribution in [2.75, 3.05) is 0 Å². The molecular formula is C13H17BrO2S. The van der Waals surface area contributed by atoms with E-state index in [1.165, 1.54) is 0 Å². The molecule has 1 fully saturated rings. The molecule has 3 unspecified atom stereocenters. The van der Waals surface area contributed by atoms with Crippen LogP contribution >= 0.6 is 15.9 Å². The van der Waals surface area contributed by atoms with Gasteiger partial charge in [-0.05, 0) is 37.3 Å². The number of halogens is 1. The molecule has 0 amide bonds. The van der Waals surface area contributed by atoms with Crippen molar-refractivity contribution in [1.29, 1.82) is 0 Å². The first-order chi connectivity index (χ1) is 8.01. The summed E-state index contributed by atoms with van der Waals surface area (Å²) >= 11 is 3.54.